The Morgan fingerprint density at radius 3 is 2.56 bits per heavy atom. The van der Waals surface area contributed by atoms with E-state index in [0.717, 1.165) is 6.42 Å². The molecule has 1 aliphatic rings. The Hall–Kier alpha value is -3.20. The zero-order valence-electron chi connectivity index (χ0n) is 14.5. The second-order valence-electron chi connectivity index (χ2n) is 7.27. The van der Waals surface area contributed by atoms with Gasteiger partial charge in [-0.1, -0.05) is 27.3 Å². The number of aromatic nitrogens is 2. The molecule has 5 nitrogen and oxygen atoms in total. The molecule has 1 atom stereocenters. The number of nitrogens with zero attached hydrogens (tertiary/aromatic N) is 3. The van der Waals surface area contributed by atoms with Gasteiger partial charge in [0.25, 0.3) is 0 Å². The molecule has 1 fully saturated rings. The van der Waals surface area contributed by atoms with E-state index in [4.69, 9.17) is 6.57 Å². The number of anilines is 1. The molecule has 1 aromatic heterocycles. The first-order valence-corrected chi connectivity index (χ1v) is 8.36. The van der Waals surface area contributed by atoms with Crippen molar-refractivity contribution in [1.29, 1.82) is 0 Å². The minimum absolute atomic E-state index is 0. The van der Waals surface area contributed by atoms with E-state index in [0.29, 0.717) is 28.4 Å². The Bertz CT molecular complexity index is 1060. The Morgan fingerprint density at radius 1 is 1.30 bits per heavy atom. The molecule has 4 rings (SSSR count). The number of halogens is 1. The highest BCUT2D eigenvalue weighted by Crippen LogP contribution is 2.52. The summed E-state index contributed by atoms with van der Waals surface area (Å²) < 4.78 is 15.1. The number of fused-ring (bicyclic) bond motifs is 1. The smallest absolute Gasteiger partial charge is 0.230 e. The Kier molecular flexibility index (Phi) is 4.48. The molecular formula is C21H21FN4O. The molecule has 0 bridgehead atoms. The summed E-state index contributed by atoms with van der Waals surface area (Å²) >= 11 is 0. The summed E-state index contributed by atoms with van der Waals surface area (Å²) in [5.41, 5.74) is 2.50. The summed E-state index contributed by atoms with van der Waals surface area (Å²) in [6.45, 7) is 11.3. The molecule has 1 heterocycles. The average molecular weight is 364 g/mol. The van der Waals surface area contributed by atoms with Crippen LogP contribution < -0.4 is 5.32 Å². The van der Waals surface area contributed by atoms with Crippen LogP contribution in [0, 0.1) is 23.7 Å². The first-order chi connectivity index (χ1) is 12.4. The minimum atomic E-state index is -0.342. The van der Waals surface area contributed by atoms with Crippen LogP contribution in [0.3, 0.4) is 0 Å². The van der Waals surface area contributed by atoms with Crippen molar-refractivity contribution in [3.8, 4) is 5.69 Å². The molecule has 0 radical (unpaired) electrons. The van der Waals surface area contributed by atoms with Gasteiger partial charge in [0.1, 0.15) is 5.82 Å². The molecule has 1 aliphatic carbocycles. The second kappa shape index (κ2) is 6.51. The van der Waals surface area contributed by atoms with Crippen molar-refractivity contribution in [2.24, 2.45) is 11.3 Å². The lowest BCUT2D eigenvalue weighted by molar-refractivity contribution is -0.118. The summed E-state index contributed by atoms with van der Waals surface area (Å²) in [7, 11) is 0. The zero-order valence-corrected chi connectivity index (χ0v) is 14.5. The van der Waals surface area contributed by atoms with Crippen LogP contribution in [0.25, 0.3) is 21.6 Å². The minimum Gasteiger partial charge on any atom is -0.295 e. The molecule has 0 spiro atoms. The van der Waals surface area contributed by atoms with Gasteiger partial charge in [-0.3, -0.25) is 14.7 Å². The highest BCUT2D eigenvalue weighted by molar-refractivity contribution is 5.96. The molecule has 2 aromatic carbocycles. The van der Waals surface area contributed by atoms with Crippen LogP contribution in [-0.2, 0) is 4.79 Å². The summed E-state index contributed by atoms with van der Waals surface area (Å²) in [6.07, 6.45) is 0.845. The first kappa shape index (κ1) is 18.6. The summed E-state index contributed by atoms with van der Waals surface area (Å²) in [6, 6.07) is 11.1. The second-order valence-corrected chi connectivity index (χ2v) is 7.27. The summed E-state index contributed by atoms with van der Waals surface area (Å²) in [5.74, 6) is -0.0753. The number of imidazole rings is 1. The van der Waals surface area contributed by atoms with E-state index >= 15 is 0 Å². The van der Waals surface area contributed by atoms with Crippen LogP contribution in [0.15, 0.2) is 42.5 Å². The summed E-state index contributed by atoms with van der Waals surface area (Å²) in [4.78, 5) is 20.5. The largest absolute Gasteiger partial charge is 0.295 e. The number of carbonyl (C=O) groups is 1. The van der Waals surface area contributed by atoms with Gasteiger partial charge in [-0.15, -0.1) is 0 Å². The van der Waals surface area contributed by atoms with Crippen molar-refractivity contribution in [2.75, 3.05) is 5.32 Å². The SMILES string of the molecule is C.[C-]#[N+]c1ccc2nc(NC(=O)C3CC3(C)C)n(-c3ccc(F)cc3)c2c1. The van der Waals surface area contributed by atoms with Gasteiger partial charge in [0.05, 0.1) is 17.6 Å². The van der Waals surface area contributed by atoms with Gasteiger partial charge in [-0.05, 0) is 48.2 Å². The molecule has 3 aromatic rings. The number of hydrogen-bond acceptors (Lipinski definition) is 2. The highest BCUT2D eigenvalue weighted by atomic mass is 19.1. The van der Waals surface area contributed by atoms with Gasteiger partial charge in [-0.25, -0.2) is 14.2 Å². The van der Waals surface area contributed by atoms with Gasteiger partial charge in [-0.2, -0.15) is 0 Å². The van der Waals surface area contributed by atoms with Gasteiger partial charge in [0.2, 0.25) is 11.9 Å². The van der Waals surface area contributed by atoms with Crippen LogP contribution in [0.5, 0.6) is 0 Å². The van der Waals surface area contributed by atoms with Crippen molar-refractivity contribution in [3.63, 3.8) is 0 Å². The monoisotopic (exact) mass is 364 g/mol. The van der Waals surface area contributed by atoms with Gasteiger partial charge in [0.15, 0.2) is 5.69 Å². The fourth-order valence-electron chi connectivity index (χ4n) is 3.18. The van der Waals surface area contributed by atoms with Crippen molar-refractivity contribution in [1.82, 2.24) is 9.55 Å². The molecular weight excluding hydrogens is 343 g/mol. The van der Waals surface area contributed by atoms with E-state index in [2.05, 4.69) is 29.0 Å². The molecule has 27 heavy (non-hydrogen) atoms. The number of benzene rings is 2. The fraction of sp³-hybridized carbons (Fsp3) is 0.286. The molecule has 0 saturated heterocycles. The lowest BCUT2D eigenvalue weighted by Gasteiger charge is -2.11. The van der Waals surface area contributed by atoms with Crippen molar-refractivity contribution in [2.45, 2.75) is 27.7 Å². The molecule has 1 saturated carbocycles. The zero-order chi connectivity index (χ0) is 18.5. The van der Waals surface area contributed by atoms with E-state index in [1.54, 1.807) is 34.9 Å². The standard InChI is InChI=1S/C20H17FN4O.CH4/c1-20(2)11-15(20)18(26)24-19-23-16-9-6-13(22-3)10-17(16)25(19)14-7-4-12(21)5-8-14;/h4-10,15H,11H2,1-2H3,(H,23,24,26);1H4. The van der Waals surface area contributed by atoms with Gasteiger partial charge >= 0.3 is 0 Å². The van der Waals surface area contributed by atoms with Crippen LogP contribution >= 0.6 is 0 Å². The number of amides is 1. The molecule has 6 heteroatoms. The van der Waals surface area contributed by atoms with Crippen LogP contribution in [0.2, 0.25) is 0 Å². The number of nitrogens with one attached hydrogen (secondary N) is 1. The van der Waals surface area contributed by atoms with E-state index < -0.39 is 0 Å². The van der Waals surface area contributed by atoms with E-state index in [1.165, 1.54) is 12.1 Å². The van der Waals surface area contributed by atoms with Crippen molar-refractivity contribution >= 4 is 28.6 Å². The third kappa shape index (κ3) is 3.28. The molecule has 138 valence electrons. The van der Waals surface area contributed by atoms with E-state index in [-0.39, 0.29) is 30.5 Å². The maximum absolute atomic E-state index is 13.3. The summed E-state index contributed by atoms with van der Waals surface area (Å²) in [5, 5.41) is 2.91. The number of hydrogen-bond donors (Lipinski definition) is 1. The predicted octanol–water partition coefficient (Wildman–Crippen LogP) is 5.34. The fourth-order valence-corrected chi connectivity index (χ4v) is 3.18. The van der Waals surface area contributed by atoms with Crippen molar-refractivity contribution in [3.05, 3.63) is 59.7 Å². The maximum Gasteiger partial charge on any atom is 0.230 e. The lowest BCUT2D eigenvalue weighted by Crippen LogP contribution is -2.19. The molecule has 1 N–H and O–H groups in total. The maximum atomic E-state index is 13.3. The van der Waals surface area contributed by atoms with E-state index in [1.807, 2.05) is 0 Å². The Balaban J connectivity index is 0.00000210. The van der Waals surface area contributed by atoms with Crippen LogP contribution in [0.1, 0.15) is 27.7 Å². The Labute approximate surface area is 157 Å². The van der Waals surface area contributed by atoms with Gasteiger partial charge < -0.3 is 0 Å². The average Bonchev–Trinajstić information content (AvgIpc) is 3.11. The number of carbonyl (C=O) groups excluding carboxylic acids is 1. The molecule has 1 unspecified atom stereocenters. The third-order valence-corrected chi connectivity index (χ3v) is 4.92. The lowest BCUT2D eigenvalue weighted by atomic mass is 10.1. The van der Waals surface area contributed by atoms with Crippen molar-refractivity contribution < 1.29 is 9.18 Å². The Morgan fingerprint density at radius 2 is 1.96 bits per heavy atom. The topological polar surface area (TPSA) is 51.3 Å². The highest BCUT2D eigenvalue weighted by Gasteiger charge is 2.50. The number of rotatable bonds is 3. The molecule has 1 amide bonds. The van der Waals surface area contributed by atoms with E-state index in [9.17, 15) is 9.18 Å². The van der Waals surface area contributed by atoms with Crippen LogP contribution in [-0.4, -0.2) is 15.5 Å². The molecule has 0 aliphatic heterocycles. The third-order valence-electron chi connectivity index (χ3n) is 4.92. The van der Waals surface area contributed by atoms with Gasteiger partial charge in [0, 0.05) is 11.6 Å². The first-order valence-electron chi connectivity index (χ1n) is 8.36. The van der Waals surface area contributed by atoms with Crippen LogP contribution in [0.4, 0.5) is 16.0 Å². The quantitative estimate of drug-likeness (QED) is 0.638. The normalized spacial score (nSPS) is 17.0. The predicted molar refractivity (Wildman–Crippen MR) is 105 cm³/mol.